The second-order valence-electron chi connectivity index (χ2n) is 8.46. The summed E-state index contributed by atoms with van der Waals surface area (Å²) in [6.45, 7) is 2.66. The van der Waals surface area contributed by atoms with E-state index in [1.807, 2.05) is 11.0 Å². The van der Waals surface area contributed by atoms with Gasteiger partial charge in [-0.05, 0) is 30.7 Å². The number of fused-ring (bicyclic) bond motifs is 2. The minimum Gasteiger partial charge on any atom is -0.486 e. The van der Waals surface area contributed by atoms with Crippen LogP contribution in [0.3, 0.4) is 0 Å². The molecule has 4 heterocycles. The van der Waals surface area contributed by atoms with Crippen LogP contribution in [0.15, 0.2) is 30.3 Å². The molecule has 0 aliphatic carbocycles. The summed E-state index contributed by atoms with van der Waals surface area (Å²) in [5.41, 5.74) is 0.357. The van der Waals surface area contributed by atoms with E-state index in [2.05, 4.69) is 22.1 Å². The Morgan fingerprint density at radius 3 is 2.76 bits per heavy atom. The number of carbonyl (C=O) groups is 1. The van der Waals surface area contributed by atoms with Gasteiger partial charge in [-0.25, -0.2) is 14.8 Å². The van der Waals surface area contributed by atoms with Gasteiger partial charge in [0.1, 0.15) is 23.0 Å². The van der Waals surface area contributed by atoms with Gasteiger partial charge >= 0.3 is 12.1 Å². The molecule has 0 N–H and O–H groups in total. The molecule has 37 heavy (non-hydrogen) atoms. The van der Waals surface area contributed by atoms with Crippen LogP contribution >= 0.6 is 11.3 Å². The predicted octanol–water partition coefficient (Wildman–Crippen LogP) is 4.64. The number of thiophene rings is 1. The molecule has 1 aromatic carbocycles. The zero-order valence-corrected chi connectivity index (χ0v) is 20.9. The van der Waals surface area contributed by atoms with Crippen LogP contribution in [0.2, 0.25) is 0 Å². The van der Waals surface area contributed by atoms with Gasteiger partial charge in [0, 0.05) is 18.0 Å². The number of ether oxygens (including phenoxy) is 2. The molecule has 0 unspecified atom stereocenters. The summed E-state index contributed by atoms with van der Waals surface area (Å²) in [7, 11) is 1.31. The molecule has 0 radical (unpaired) electrons. The number of methoxy groups -OCH3 is 1. The van der Waals surface area contributed by atoms with Gasteiger partial charge in [0.25, 0.3) is 0 Å². The van der Waals surface area contributed by atoms with Gasteiger partial charge in [0.05, 0.1) is 24.6 Å². The number of hydrogen-bond donors (Lipinski definition) is 0. The molecule has 0 saturated carbocycles. The smallest absolute Gasteiger partial charge is 0.451 e. The highest BCUT2D eigenvalue weighted by Gasteiger charge is 2.39. The number of carbonyl (C=O) groups excluding carboxylic acids is 1. The molecule has 0 bridgehead atoms. The fourth-order valence-electron chi connectivity index (χ4n) is 4.20. The van der Waals surface area contributed by atoms with Crippen LogP contribution in [0.25, 0.3) is 10.2 Å². The Balaban J connectivity index is 1.45. The van der Waals surface area contributed by atoms with Gasteiger partial charge in [-0.3, -0.25) is 0 Å². The topological polar surface area (TPSA) is 95.3 Å². The molecule has 1 aliphatic heterocycles. The first-order valence-electron chi connectivity index (χ1n) is 11.6. The Morgan fingerprint density at radius 2 is 2.00 bits per heavy atom. The van der Waals surface area contributed by atoms with E-state index in [1.165, 1.54) is 7.11 Å². The fraction of sp³-hybridized carbons (Fsp3) is 0.375. The Kier molecular flexibility index (Phi) is 6.71. The van der Waals surface area contributed by atoms with Crippen molar-refractivity contribution in [3.8, 4) is 5.75 Å². The van der Waals surface area contributed by atoms with E-state index < -0.39 is 18.0 Å². The maximum atomic E-state index is 13.3. The van der Waals surface area contributed by atoms with E-state index in [-0.39, 0.29) is 25.5 Å². The number of rotatable bonds is 7. The second kappa shape index (κ2) is 9.96. The fourth-order valence-corrected chi connectivity index (χ4v) is 5.34. The van der Waals surface area contributed by atoms with Crippen molar-refractivity contribution in [1.29, 1.82) is 0 Å². The average molecular weight is 533 g/mol. The van der Waals surface area contributed by atoms with Gasteiger partial charge in [0.2, 0.25) is 5.82 Å². The van der Waals surface area contributed by atoms with Crippen molar-refractivity contribution < 1.29 is 27.4 Å². The minimum absolute atomic E-state index is 0.0385. The summed E-state index contributed by atoms with van der Waals surface area (Å²) in [6.07, 6.45) is -2.71. The van der Waals surface area contributed by atoms with E-state index in [1.54, 1.807) is 35.6 Å². The van der Waals surface area contributed by atoms with Gasteiger partial charge in [-0.1, -0.05) is 19.4 Å². The molecule has 0 fully saturated rings. The van der Waals surface area contributed by atoms with Crippen LogP contribution < -0.4 is 9.64 Å². The molecule has 3 aromatic heterocycles. The van der Waals surface area contributed by atoms with Crippen LogP contribution in [-0.2, 0) is 37.0 Å². The average Bonchev–Trinajstić information content (AvgIpc) is 3.50. The van der Waals surface area contributed by atoms with E-state index in [0.29, 0.717) is 29.5 Å². The van der Waals surface area contributed by atoms with Crippen molar-refractivity contribution in [2.45, 2.75) is 45.6 Å². The summed E-state index contributed by atoms with van der Waals surface area (Å²) >= 11 is 1.56. The van der Waals surface area contributed by atoms with E-state index in [0.717, 1.165) is 32.5 Å². The molecular weight excluding hydrogens is 509 g/mol. The molecule has 0 atom stereocenters. The lowest BCUT2D eigenvalue weighted by Crippen LogP contribution is -2.36. The lowest BCUT2D eigenvalue weighted by molar-refractivity contribution is -0.147. The van der Waals surface area contributed by atoms with E-state index in [9.17, 15) is 18.0 Å². The van der Waals surface area contributed by atoms with Crippen molar-refractivity contribution in [2.24, 2.45) is 0 Å². The van der Waals surface area contributed by atoms with Crippen molar-refractivity contribution in [3.63, 3.8) is 0 Å². The lowest BCUT2D eigenvalue weighted by Gasteiger charge is -2.29. The third-order valence-electron chi connectivity index (χ3n) is 5.90. The first-order valence-corrected chi connectivity index (χ1v) is 12.4. The molecule has 1 aliphatic rings. The Hall–Kier alpha value is -3.74. The highest BCUT2D eigenvalue weighted by Crippen LogP contribution is 2.35. The highest BCUT2D eigenvalue weighted by atomic mass is 32.1. The van der Waals surface area contributed by atoms with Crippen molar-refractivity contribution in [1.82, 2.24) is 24.7 Å². The van der Waals surface area contributed by atoms with Gasteiger partial charge < -0.3 is 18.9 Å². The van der Waals surface area contributed by atoms with Gasteiger partial charge in [-0.2, -0.15) is 13.2 Å². The summed E-state index contributed by atoms with van der Waals surface area (Å²) in [6, 6.07) is 8.65. The summed E-state index contributed by atoms with van der Waals surface area (Å²) in [5, 5.41) is 8.00. The number of aryl methyl sites for hydroxylation is 1. The van der Waals surface area contributed by atoms with Gasteiger partial charge in [0.15, 0.2) is 11.6 Å². The predicted molar refractivity (Wildman–Crippen MR) is 130 cm³/mol. The summed E-state index contributed by atoms with van der Waals surface area (Å²) in [4.78, 5) is 25.1. The van der Waals surface area contributed by atoms with Crippen LogP contribution in [0, 0.1) is 0 Å². The standard InChI is InChI=1S/C24H23F3N6O3S/c1-3-5-16-11-17-20(32-8-9-33-19(12-32)30-31-23(33)24(25,26)27)28-18(29-21(17)37-16)13-36-15-7-4-6-14(10-15)22(34)35-2/h4,6-7,10-11H,3,5,8-9,12-13H2,1-2H3. The third kappa shape index (κ3) is 5.08. The first-order chi connectivity index (χ1) is 17.8. The number of nitrogens with zero attached hydrogens (tertiary/aromatic N) is 6. The second-order valence-corrected chi connectivity index (χ2v) is 9.58. The van der Waals surface area contributed by atoms with Crippen LogP contribution in [0.5, 0.6) is 5.75 Å². The number of halogens is 3. The Bertz CT molecular complexity index is 1450. The number of anilines is 1. The molecule has 0 amide bonds. The number of benzene rings is 1. The monoisotopic (exact) mass is 532 g/mol. The normalized spacial score (nSPS) is 13.6. The van der Waals surface area contributed by atoms with Crippen LogP contribution in [0.4, 0.5) is 19.0 Å². The van der Waals surface area contributed by atoms with E-state index in [4.69, 9.17) is 14.5 Å². The summed E-state index contributed by atoms with van der Waals surface area (Å²) in [5.74, 6) is 0.258. The van der Waals surface area contributed by atoms with Crippen LogP contribution in [-0.4, -0.2) is 44.4 Å². The lowest BCUT2D eigenvalue weighted by atomic mass is 10.2. The van der Waals surface area contributed by atoms with Crippen molar-refractivity contribution >= 4 is 33.3 Å². The molecule has 4 aromatic rings. The molecular formula is C24H23F3N6O3S. The van der Waals surface area contributed by atoms with Gasteiger partial charge in [-0.15, -0.1) is 21.5 Å². The summed E-state index contributed by atoms with van der Waals surface area (Å²) < 4.78 is 51.6. The van der Waals surface area contributed by atoms with E-state index >= 15 is 0 Å². The zero-order valence-electron chi connectivity index (χ0n) is 20.1. The quantitative estimate of drug-likeness (QED) is 0.318. The van der Waals surface area contributed by atoms with Crippen molar-refractivity contribution in [3.05, 3.63) is 58.2 Å². The molecule has 9 nitrogen and oxygen atoms in total. The largest absolute Gasteiger partial charge is 0.486 e. The highest BCUT2D eigenvalue weighted by molar-refractivity contribution is 7.18. The first kappa shape index (κ1) is 24.9. The zero-order chi connectivity index (χ0) is 26.2. The number of aromatic nitrogens is 5. The number of esters is 1. The van der Waals surface area contributed by atoms with Crippen LogP contribution in [0.1, 0.15) is 46.1 Å². The maximum Gasteiger partial charge on any atom is 0.451 e. The Morgan fingerprint density at radius 1 is 1.16 bits per heavy atom. The molecule has 0 spiro atoms. The maximum absolute atomic E-state index is 13.3. The Labute approximate surface area is 213 Å². The molecule has 194 valence electrons. The van der Waals surface area contributed by atoms with Crippen molar-refractivity contribution in [2.75, 3.05) is 18.6 Å². The molecule has 13 heteroatoms. The third-order valence-corrected chi connectivity index (χ3v) is 6.98. The minimum atomic E-state index is -4.56. The number of alkyl halides is 3. The molecule has 0 saturated heterocycles. The SMILES string of the molecule is CCCc1cc2c(N3CCn4c(nnc4C(F)(F)F)C3)nc(COc3cccc(C(=O)OC)c3)nc2s1. The number of hydrogen-bond acceptors (Lipinski definition) is 9. The molecule has 5 rings (SSSR count).